The van der Waals surface area contributed by atoms with Crippen molar-refractivity contribution in [3.63, 3.8) is 0 Å². The number of hydrogen-bond acceptors (Lipinski definition) is 9. The van der Waals surface area contributed by atoms with Crippen molar-refractivity contribution >= 4 is 35.2 Å². The van der Waals surface area contributed by atoms with E-state index < -0.39 is 35.5 Å². The number of amides is 4. The van der Waals surface area contributed by atoms with E-state index in [1.807, 2.05) is 19.9 Å². The van der Waals surface area contributed by atoms with Crippen molar-refractivity contribution in [2.45, 2.75) is 65.5 Å². The van der Waals surface area contributed by atoms with E-state index in [0.29, 0.717) is 63.0 Å². The molecule has 2 aliphatic heterocycles. The van der Waals surface area contributed by atoms with Crippen molar-refractivity contribution in [2.75, 3.05) is 83.9 Å². The van der Waals surface area contributed by atoms with Crippen LogP contribution >= 0.6 is 0 Å². The summed E-state index contributed by atoms with van der Waals surface area (Å²) < 4.78 is 21.7. The molecule has 0 spiro atoms. The minimum absolute atomic E-state index is 0.0117. The molecule has 258 valence electrons. The molecule has 2 saturated heterocycles. The first kappa shape index (κ1) is 36.9. The summed E-state index contributed by atoms with van der Waals surface area (Å²) >= 11 is 0. The Bertz CT molecular complexity index is 1180. The fourth-order valence-electron chi connectivity index (χ4n) is 5.66. The van der Waals surface area contributed by atoms with Crippen molar-refractivity contribution < 1.29 is 38.1 Å². The molecular formula is C33H53N5O8. The van der Waals surface area contributed by atoms with E-state index in [2.05, 4.69) is 10.6 Å². The third-order valence-corrected chi connectivity index (χ3v) is 7.79. The van der Waals surface area contributed by atoms with E-state index in [1.165, 1.54) is 16.9 Å². The number of para-hydroxylation sites is 1. The highest BCUT2D eigenvalue weighted by molar-refractivity contribution is 6.40. The van der Waals surface area contributed by atoms with Gasteiger partial charge in [0.25, 0.3) is 0 Å². The molecule has 1 aromatic carbocycles. The molecule has 2 atom stereocenters. The molecule has 13 nitrogen and oxygen atoms in total. The molecular weight excluding hydrogens is 594 g/mol. The van der Waals surface area contributed by atoms with Gasteiger partial charge in [-0.3, -0.25) is 14.4 Å². The third kappa shape index (κ3) is 10.8. The highest BCUT2D eigenvalue weighted by Crippen LogP contribution is 2.33. The van der Waals surface area contributed by atoms with Gasteiger partial charge in [0.2, 0.25) is 5.91 Å². The fourth-order valence-corrected chi connectivity index (χ4v) is 5.66. The van der Waals surface area contributed by atoms with Crippen molar-refractivity contribution in [1.29, 1.82) is 0 Å². The molecule has 2 N–H and O–H groups in total. The number of ether oxygens (including phenoxy) is 4. The van der Waals surface area contributed by atoms with Crippen molar-refractivity contribution in [3.8, 4) is 5.75 Å². The van der Waals surface area contributed by atoms with Crippen LogP contribution < -0.4 is 15.4 Å². The summed E-state index contributed by atoms with van der Waals surface area (Å²) in [6.45, 7) is 12.9. The Balaban J connectivity index is 1.87. The van der Waals surface area contributed by atoms with Gasteiger partial charge >= 0.3 is 17.9 Å². The molecule has 0 bridgehead atoms. The maximum absolute atomic E-state index is 14.0. The zero-order valence-electron chi connectivity index (χ0n) is 28.6. The number of benzene rings is 1. The number of unbranched alkanes of at least 4 members (excludes halogenated alkanes) is 1. The number of nitrogens with one attached hydrogen (secondary N) is 2. The van der Waals surface area contributed by atoms with Gasteiger partial charge in [0.05, 0.1) is 38.0 Å². The second-order valence-electron chi connectivity index (χ2n) is 13.2. The summed E-state index contributed by atoms with van der Waals surface area (Å²) in [5, 5.41) is 6.11. The highest BCUT2D eigenvalue weighted by Gasteiger charge is 2.42. The monoisotopic (exact) mass is 647 g/mol. The number of hydrogen-bond donors (Lipinski definition) is 2. The number of carbonyl (C=O) groups is 4. The second-order valence-corrected chi connectivity index (χ2v) is 13.2. The smallest absolute Gasteiger partial charge is 0.410 e. The molecule has 0 saturated carbocycles. The van der Waals surface area contributed by atoms with E-state index >= 15 is 0 Å². The number of rotatable bonds is 12. The Morgan fingerprint density at radius 3 is 2.39 bits per heavy atom. The second kappa shape index (κ2) is 17.4. The Labute approximate surface area is 273 Å². The summed E-state index contributed by atoms with van der Waals surface area (Å²) in [5.41, 5.74) is 0.239. The number of carbonyl (C=O) groups excluding carboxylic acids is 4. The molecule has 4 amide bonds. The van der Waals surface area contributed by atoms with Crippen LogP contribution in [0.15, 0.2) is 18.2 Å². The average molecular weight is 648 g/mol. The maximum Gasteiger partial charge on any atom is 0.410 e. The Hall–Kier alpha value is -3.58. The van der Waals surface area contributed by atoms with Crippen LogP contribution in [0, 0.1) is 11.8 Å². The lowest BCUT2D eigenvalue weighted by Crippen LogP contribution is -2.59. The van der Waals surface area contributed by atoms with E-state index in [9.17, 15) is 19.2 Å². The van der Waals surface area contributed by atoms with Crippen LogP contribution in [0.4, 0.5) is 16.2 Å². The van der Waals surface area contributed by atoms with Gasteiger partial charge in [0.15, 0.2) is 0 Å². The van der Waals surface area contributed by atoms with Crippen LogP contribution in [0.1, 0.15) is 53.9 Å². The topological polar surface area (TPSA) is 139 Å². The molecule has 2 fully saturated rings. The lowest BCUT2D eigenvalue weighted by Gasteiger charge is -2.44. The Kier molecular flexibility index (Phi) is 13.9. The molecule has 2 unspecified atom stereocenters. The van der Waals surface area contributed by atoms with Crippen molar-refractivity contribution in [2.24, 2.45) is 11.8 Å². The van der Waals surface area contributed by atoms with Crippen molar-refractivity contribution in [1.82, 2.24) is 14.7 Å². The third-order valence-electron chi connectivity index (χ3n) is 7.79. The molecule has 3 rings (SSSR count). The van der Waals surface area contributed by atoms with Crippen molar-refractivity contribution in [3.05, 3.63) is 18.2 Å². The summed E-state index contributed by atoms with van der Waals surface area (Å²) in [7, 11) is 3.16. The number of morpholine rings is 1. The van der Waals surface area contributed by atoms with Gasteiger partial charge in [-0.15, -0.1) is 0 Å². The number of likely N-dealkylation sites (tertiary alicyclic amines) is 1. The number of methoxy groups -OCH3 is 2. The van der Waals surface area contributed by atoms with Gasteiger partial charge in [-0.05, 0) is 58.1 Å². The first-order valence-corrected chi connectivity index (χ1v) is 16.2. The summed E-state index contributed by atoms with van der Waals surface area (Å²) in [6, 6.07) is 4.74. The van der Waals surface area contributed by atoms with Gasteiger partial charge in [-0.25, -0.2) is 4.79 Å². The summed E-state index contributed by atoms with van der Waals surface area (Å²) in [4.78, 5) is 59.4. The first-order valence-electron chi connectivity index (χ1n) is 16.2. The standard InChI is InChI=1S/C33H53N5O8/c1-23(2)20-38(31(41)29(39)35-28-26(11-10-12-27(28)44-7)34-13-8-9-16-43-6)25-19-24(30(40)36-14-17-45-18-15-36)21-37(22-25)32(42)46-33(3,4)5/h10-12,23-25,34H,8-9,13-22H2,1-7H3,(H,35,39). The van der Waals surface area contributed by atoms with E-state index in [4.69, 9.17) is 18.9 Å². The van der Waals surface area contributed by atoms with Crippen LogP contribution in [0.25, 0.3) is 0 Å². The van der Waals surface area contributed by atoms with Crippen LogP contribution in [0.3, 0.4) is 0 Å². The average Bonchev–Trinajstić information content (AvgIpc) is 3.02. The molecule has 13 heteroatoms. The predicted molar refractivity (Wildman–Crippen MR) is 175 cm³/mol. The predicted octanol–water partition coefficient (Wildman–Crippen LogP) is 3.44. The molecule has 0 aliphatic carbocycles. The SMILES string of the molecule is COCCCCNc1cccc(OC)c1NC(=O)C(=O)N(CC(C)C)C1CC(C(=O)N2CCOCC2)CN(C(=O)OC(C)(C)C)C1. The largest absolute Gasteiger partial charge is 0.494 e. The molecule has 0 aromatic heterocycles. The quantitative estimate of drug-likeness (QED) is 0.258. The molecule has 1 aromatic rings. The lowest BCUT2D eigenvalue weighted by atomic mass is 9.91. The first-order chi connectivity index (χ1) is 21.8. The summed E-state index contributed by atoms with van der Waals surface area (Å²) in [6.07, 6.45) is 1.46. The number of nitrogens with zero attached hydrogens (tertiary/aromatic N) is 3. The van der Waals surface area contributed by atoms with E-state index in [0.717, 1.165) is 12.8 Å². The molecule has 0 radical (unpaired) electrons. The zero-order chi connectivity index (χ0) is 33.9. The molecule has 2 aliphatic rings. The van der Waals surface area contributed by atoms with E-state index in [-0.39, 0.29) is 31.5 Å². The maximum atomic E-state index is 14.0. The lowest BCUT2D eigenvalue weighted by molar-refractivity contribution is -0.149. The number of piperidine rings is 1. The fraction of sp³-hybridized carbons (Fsp3) is 0.697. The zero-order valence-corrected chi connectivity index (χ0v) is 28.6. The molecule has 46 heavy (non-hydrogen) atoms. The van der Waals surface area contributed by atoms with Crippen LogP contribution in [0.5, 0.6) is 5.75 Å². The van der Waals surface area contributed by atoms with Crippen LogP contribution in [0.2, 0.25) is 0 Å². The number of anilines is 2. The van der Waals surface area contributed by atoms with Gasteiger partial charge < -0.3 is 44.3 Å². The van der Waals surface area contributed by atoms with Gasteiger partial charge in [0.1, 0.15) is 17.0 Å². The van der Waals surface area contributed by atoms with Gasteiger partial charge in [-0.2, -0.15) is 0 Å². The minimum Gasteiger partial charge on any atom is -0.494 e. The van der Waals surface area contributed by atoms with Crippen LogP contribution in [-0.4, -0.2) is 123 Å². The molecule has 2 heterocycles. The summed E-state index contributed by atoms with van der Waals surface area (Å²) in [5.74, 6) is -1.84. The Morgan fingerprint density at radius 1 is 1.04 bits per heavy atom. The highest BCUT2D eigenvalue weighted by atomic mass is 16.6. The normalized spacial score (nSPS) is 18.6. The van der Waals surface area contributed by atoms with Gasteiger partial charge in [0, 0.05) is 53.0 Å². The van der Waals surface area contributed by atoms with E-state index in [1.54, 1.807) is 44.9 Å². The minimum atomic E-state index is -0.835. The van der Waals surface area contributed by atoms with Crippen LogP contribution in [-0.2, 0) is 28.6 Å². The Morgan fingerprint density at radius 2 is 1.76 bits per heavy atom. The van der Waals surface area contributed by atoms with Gasteiger partial charge in [-0.1, -0.05) is 19.9 Å².